The smallest absolute Gasteiger partial charge is 0.122 e. The third kappa shape index (κ3) is 5.32. The van der Waals surface area contributed by atoms with Crippen LogP contribution in [-0.4, -0.2) is 55.3 Å². The van der Waals surface area contributed by atoms with Crippen molar-refractivity contribution in [1.82, 2.24) is 15.2 Å². The molecule has 5 heteroatoms. The molecule has 2 fully saturated rings. The van der Waals surface area contributed by atoms with E-state index in [1.54, 1.807) is 7.11 Å². The molecule has 4 rings (SSSR count). The van der Waals surface area contributed by atoms with Crippen LogP contribution in [0.25, 0.3) is 0 Å². The van der Waals surface area contributed by atoms with Crippen molar-refractivity contribution in [3.63, 3.8) is 0 Å². The molecule has 1 saturated heterocycles. The summed E-state index contributed by atoms with van der Waals surface area (Å²) in [6, 6.07) is 12.8. The SMILES string of the molecule is COc1ccccc1CC1(NCc2cc(N3CCN(CC(C)C)CC3)ccn2)CC1. The molecule has 0 spiro atoms. The quantitative estimate of drug-likeness (QED) is 0.685. The lowest BCUT2D eigenvalue weighted by atomic mass is 10.0. The number of anilines is 1. The molecule has 1 aliphatic carbocycles. The second kappa shape index (κ2) is 9.36. The highest BCUT2D eigenvalue weighted by Crippen LogP contribution is 2.40. The van der Waals surface area contributed by atoms with E-state index in [0.29, 0.717) is 0 Å². The van der Waals surface area contributed by atoms with Crippen molar-refractivity contribution >= 4 is 5.69 Å². The fourth-order valence-corrected chi connectivity index (χ4v) is 4.52. The maximum atomic E-state index is 5.54. The van der Waals surface area contributed by atoms with Crippen molar-refractivity contribution in [2.45, 2.75) is 45.2 Å². The first-order chi connectivity index (χ1) is 14.6. The van der Waals surface area contributed by atoms with Crippen LogP contribution in [0.5, 0.6) is 5.75 Å². The van der Waals surface area contributed by atoms with Gasteiger partial charge in [-0.25, -0.2) is 0 Å². The van der Waals surface area contributed by atoms with Crippen LogP contribution in [0, 0.1) is 5.92 Å². The van der Waals surface area contributed by atoms with E-state index in [4.69, 9.17) is 4.74 Å². The number of nitrogens with one attached hydrogen (secondary N) is 1. The zero-order valence-electron chi connectivity index (χ0n) is 18.7. The van der Waals surface area contributed by atoms with Crippen molar-refractivity contribution in [2.24, 2.45) is 5.92 Å². The van der Waals surface area contributed by atoms with Gasteiger partial charge in [-0.05, 0) is 48.9 Å². The van der Waals surface area contributed by atoms with Crippen LogP contribution in [0.2, 0.25) is 0 Å². The summed E-state index contributed by atoms with van der Waals surface area (Å²) in [7, 11) is 1.75. The molecule has 30 heavy (non-hydrogen) atoms. The molecule has 1 saturated carbocycles. The first kappa shape index (κ1) is 21.1. The van der Waals surface area contributed by atoms with E-state index in [1.165, 1.54) is 30.6 Å². The lowest BCUT2D eigenvalue weighted by Crippen LogP contribution is -2.47. The number of hydrogen-bond acceptors (Lipinski definition) is 5. The molecule has 1 aromatic heterocycles. The highest BCUT2D eigenvalue weighted by Gasteiger charge is 2.42. The van der Waals surface area contributed by atoms with E-state index in [9.17, 15) is 0 Å². The first-order valence-corrected chi connectivity index (χ1v) is 11.4. The predicted octanol–water partition coefficient (Wildman–Crippen LogP) is 3.73. The Morgan fingerprint density at radius 1 is 1.10 bits per heavy atom. The number of nitrogens with zero attached hydrogens (tertiary/aromatic N) is 3. The number of pyridine rings is 1. The molecule has 1 aliphatic heterocycles. The van der Waals surface area contributed by atoms with Crippen molar-refractivity contribution in [2.75, 3.05) is 44.7 Å². The van der Waals surface area contributed by atoms with E-state index in [0.717, 1.165) is 56.5 Å². The van der Waals surface area contributed by atoms with Gasteiger partial charge in [0.05, 0.1) is 12.8 Å². The third-order valence-corrected chi connectivity index (χ3v) is 6.38. The van der Waals surface area contributed by atoms with Gasteiger partial charge in [-0.3, -0.25) is 9.88 Å². The highest BCUT2D eigenvalue weighted by atomic mass is 16.5. The molecule has 5 nitrogen and oxygen atoms in total. The summed E-state index contributed by atoms with van der Waals surface area (Å²) in [5, 5.41) is 3.80. The first-order valence-electron chi connectivity index (χ1n) is 11.4. The Morgan fingerprint density at radius 2 is 1.87 bits per heavy atom. The van der Waals surface area contributed by atoms with Crippen LogP contribution < -0.4 is 15.0 Å². The van der Waals surface area contributed by atoms with Crippen LogP contribution in [0.1, 0.15) is 37.9 Å². The number of ether oxygens (including phenoxy) is 1. The Kier molecular flexibility index (Phi) is 6.59. The molecule has 1 aromatic carbocycles. The largest absolute Gasteiger partial charge is 0.496 e. The summed E-state index contributed by atoms with van der Waals surface area (Å²) < 4.78 is 5.54. The van der Waals surface area contributed by atoms with Crippen LogP contribution in [0.15, 0.2) is 42.6 Å². The summed E-state index contributed by atoms with van der Waals surface area (Å²) in [6.07, 6.45) is 5.40. The monoisotopic (exact) mass is 408 g/mol. The average Bonchev–Trinajstić information content (AvgIpc) is 3.53. The van der Waals surface area contributed by atoms with E-state index < -0.39 is 0 Å². The normalized spacial score (nSPS) is 18.6. The predicted molar refractivity (Wildman–Crippen MR) is 123 cm³/mol. The summed E-state index contributed by atoms with van der Waals surface area (Å²) in [5.41, 5.74) is 3.91. The molecular weight excluding hydrogens is 372 g/mol. The zero-order valence-corrected chi connectivity index (χ0v) is 18.7. The van der Waals surface area contributed by atoms with Crippen LogP contribution >= 0.6 is 0 Å². The van der Waals surface area contributed by atoms with Gasteiger partial charge in [-0.2, -0.15) is 0 Å². The maximum Gasteiger partial charge on any atom is 0.122 e. The molecule has 0 unspecified atom stereocenters. The molecule has 2 aromatic rings. The van der Waals surface area contributed by atoms with Gasteiger partial charge < -0.3 is 15.0 Å². The number of methoxy groups -OCH3 is 1. The number of para-hydroxylation sites is 1. The van der Waals surface area contributed by atoms with Gasteiger partial charge in [0.15, 0.2) is 0 Å². The molecule has 1 N–H and O–H groups in total. The van der Waals surface area contributed by atoms with E-state index in [1.807, 2.05) is 12.3 Å². The van der Waals surface area contributed by atoms with Gasteiger partial charge in [0.1, 0.15) is 5.75 Å². The maximum absolute atomic E-state index is 5.54. The van der Waals surface area contributed by atoms with Crippen LogP contribution in [0.3, 0.4) is 0 Å². The third-order valence-electron chi connectivity index (χ3n) is 6.38. The van der Waals surface area contributed by atoms with Crippen LogP contribution in [0.4, 0.5) is 5.69 Å². The fraction of sp³-hybridized carbons (Fsp3) is 0.560. The fourth-order valence-electron chi connectivity index (χ4n) is 4.52. The molecule has 0 amide bonds. The number of hydrogen-bond donors (Lipinski definition) is 1. The van der Waals surface area contributed by atoms with Gasteiger partial charge in [0.25, 0.3) is 0 Å². The van der Waals surface area contributed by atoms with Gasteiger partial charge in [-0.1, -0.05) is 32.0 Å². The Hall–Kier alpha value is -2.11. The molecule has 0 radical (unpaired) electrons. The summed E-state index contributed by atoms with van der Waals surface area (Å²) >= 11 is 0. The number of rotatable bonds is 9. The van der Waals surface area contributed by atoms with E-state index >= 15 is 0 Å². The molecule has 2 heterocycles. The second-order valence-corrected chi connectivity index (χ2v) is 9.31. The van der Waals surface area contributed by atoms with Crippen molar-refractivity contribution in [1.29, 1.82) is 0 Å². The minimum Gasteiger partial charge on any atom is -0.496 e. The standard InChI is InChI=1S/C25H36N4O/c1-20(2)19-28-12-14-29(15-13-28)23-8-11-26-22(16-23)18-27-25(9-10-25)17-21-6-4-5-7-24(21)30-3/h4-8,11,16,20,27H,9-10,12-15,17-19H2,1-3H3. The minimum atomic E-state index is 0.189. The Morgan fingerprint density at radius 3 is 2.57 bits per heavy atom. The Labute approximate surface area is 181 Å². The second-order valence-electron chi connectivity index (χ2n) is 9.31. The Balaban J connectivity index is 1.33. The van der Waals surface area contributed by atoms with Gasteiger partial charge in [0.2, 0.25) is 0 Å². The summed E-state index contributed by atoms with van der Waals surface area (Å²) in [4.78, 5) is 9.72. The van der Waals surface area contributed by atoms with Gasteiger partial charge in [0, 0.05) is 56.7 Å². The number of aromatic nitrogens is 1. The molecule has 0 atom stereocenters. The number of piperazine rings is 1. The molecular formula is C25H36N4O. The summed E-state index contributed by atoms with van der Waals surface area (Å²) in [5.74, 6) is 1.73. The zero-order chi connectivity index (χ0) is 21.0. The van der Waals surface area contributed by atoms with Crippen molar-refractivity contribution < 1.29 is 4.74 Å². The lowest BCUT2D eigenvalue weighted by molar-refractivity contribution is 0.231. The molecule has 162 valence electrons. The van der Waals surface area contributed by atoms with Gasteiger partial charge in [-0.15, -0.1) is 0 Å². The molecule has 2 aliphatic rings. The lowest BCUT2D eigenvalue weighted by Gasteiger charge is -2.37. The average molecular weight is 409 g/mol. The topological polar surface area (TPSA) is 40.6 Å². The highest BCUT2D eigenvalue weighted by molar-refractivity contribution is 5.47. The summed E-state index contributed by atoms with van der Waals surface area (Å²) in [6.45, 7) is 11.1. The van der Waals surface area contributed by atoms with Gasteiger partial charge >= 0.3 is 0 Å². The number of benzene rings is 1. The van der Waals surface area contributed by atoms with Crippen molar-refractivity contribution in [3.05, 3.63) is 53.9 Å². The van der Waals surface area contributed by atoms with E-state index in [2.05, 4.69) is 64.3 Å². The van der Waals surface area contributed by atoms with E-state index in [-0.39, 0.29) is 5.54 Å². The van der Waals surface area contributed by atoms with Crippen molar-refractivity contribution in [3.8, 4) is 5.75 Å². The minimum absolute atomic E-state index is 0.189. The van der Waals surface area contributed by atoms with Crippen LogP contribution in [-0.2, 0) is 13.0 Å². The Bertz CT molecular complexity index is 825. The molecule has 0 bridgehead atoms.